The molecule has 1 N–H and O–H groups in total. The van der Waals surface area contributed by atoms with Crippen LogP contribution in [0.1, 0.15) is 5.69 Å². The summed E-state index contributed by atoms with van der Waals surface area (Å²) in [4.78, 5) is 4.04. The Bertz CT molecular complexity index is 516. The molecule has 0 bridgehead atoms. The Morgan fingerprint density at radius 3 is 2.59 bits per heavy atom. The maximum atomic E-state index is 13.7. The largest absolute Gasteiger partial charge is 0.314 e. The molecule has 2 aromatic rings. The molecule has 2 rings (SSSR count). The molecule has 0 radical (unpaired) electrons. The highest BCUT2D eigenvalue weighted by atomic mass is 79.9. The third kappa shape index (κ3) is 2.53. The molecule has 0 atom stereocenters. The van der Waals surface area contributed by atoms with Crippen LogP contribution in [-0.2, 0) is 6.54 Å². The second-order valence-corrected chi connectivity index (χ2v) is 4.44. The zero-order valence-electron chi connectivity index (χ0n) is 9.04. The maximum Gasteiger partial charge on any atom is 0.151 e. The first kappa shape index (κ1) is 12.2. The predicted octanol–water partition coefficient (Wildman–Crippen LogP) is 2.63. The van der Waals surface area contributed by atoms with Gasteiger partial charge in [-0.05, 0) is 19.2 Å². The average molecular weight is 302 g/mol. The van der Waals surface area contributed by atoms with Crippen LogP contribution < -0.4 is 5.32 Å². The minimum Gasteiger partial charge on any atom is -0.314 e. The van der Waals surface area contributed by atoms with Crippen LogP contribution in [0.3, 0.4) is 0 Å². The van der Waals surface area contributed by atoms with E-state index in [9.17, 15) is 8.78 Å². The molecule has 0 fully saturated rings. The molecule has 0 spiro atoms. The molecule has 0 amide bonds. The number of benzene rings is 1. The van der Waals surface area contributed by atoms with E-state index in [1.807, 2.05) is 0 Å². The number of imidazole rings is 1. The lowest BCUT2D eigenvalue weighted by molar-refractivity contribution is 0.567. The highest BCUT2D eigenvalue weighted by Gasteiger charge is 2.13. The van der Waals surface area contributed by atoms with Crippen LogP contribution in [0.2, 0.25) is 0 Å². The lowest BCUT2D eigenvalue weighted by Gasteiger charge is -2.05. The SMILES string of the molecule is CNCc1cn(-c2c(F)cc(Br)cc2F)cn1. The fourth-order valence-corrected chi connectivity index (χ4v) is 1.94. The van der Waals surface area contributed by atoms with E-state index in [0.29, 0.717) is 16.7 Å². The highest BCUT2D eigenvalue weighted by molar-refractivity contribution is 9.10. The summed E-state index contributed by atoms with van der Waals surface area (Å²) in [5.74, 6) is -1.27. The molecule has 0 saturated heterocycles. The third-order valence-electron chi connectivity index (χ3n) is 2.23. The van der Waals surface area contributed by atoms with Crippen molar-refractivity contribution in [1.29, 1.82) is 0 Å². The molecule has 1 aromatic carbocycles. The predicted molar refractivity (Wildman–Crippen MR) is 63.9 cm³/mol. The normalized spacial score (nSPS) is 10.8. The van der Waals surface area contributed by atoms with Gasteiger partial charge in [-0.1, -0.05) is 15.9 Å². The number of nitrogens with zero attached hydrogens (tertiary/aromatic N) is 2. The summed E-state index contributed by atoms with van der Waals surface area (Å²) >= 11 is 3.03. The summed E-state index contributed by atoms with van der Waals surface area (Å²) in [6.45, 7) is 0.548. The zero-order chi connectivity index (χ0) is 12.4. The average Bonchev–Trinajstić information content (AvgIpc) is 2.65. The Balaban J connectivity index is 2.45. The van der Waals surface area contributed by atoms with Crippen LogP contribution in [0.25, 0.3) is 5.69 Å². The van der Waals surface area contributed by atoms with Crippen molar-refractivity contribution in [2.45, 2.75) is 6.54 Å². The van der Waals surface area contributed by atoms with Gasteiger partial charge < -0.3 is 9.88 Å². The third-order valence-corrected chi connectivity index (χ3v) is 2.69. The quantitative estimate of drug-likeness (QED) is 0.944. The van der Waals surface area contributed by atoms with Crippen molar-refractivity contribution in [2.24, 2.45) is 0 Å². The van der Waals surface area contributed by atoms with Gasteiger partial charge in [-0.25, -0.2) is 13.8 Å². The Kier molecular flexibility index (Phi) is 3.54. The van der Waals surface area contributed by atoms with Crippen LogP contribution in [0, 0.1) is 11.6 Å². The van der Waals surface area contributed by atoms with Gasteiger partial charge in [0, 0.05) is 17.2 Å². The minimum absolute atomic E-state index is 0.122. The van der Waals surface area contributed by atoms with Gasteiger partial charge in [0.05, 0.1) is 12.0 Å². The lowest BCUT2D eigenvalue weighted by Crippen LogP contribution is -2.05. The van der Waals surface area contributed by atoms with Gasteiger partial charge in [-0.2, -0.15) is 0 Å². The molecule has 3 nitrogen and oxygen atoms in total. The van der Waals surface area contributed by atoms with Crippen LogP contribution >= 0.6 is 15.9 Å². The number of rotatable bonds is 3. The molecule has 0 unspecified atom stereocenters. The van der Waals surface area contributed by atoms with E-state index < -0.39 is 11.6 Å². The molecule has 0 aliphatic heterocycles. The topological polar surface area (TPSA) is 29.9 Å². The number of halogens is 3. The van der Waals surface area contributed by atoms with E-state index in [2.05, 4.69) is 26.2 Å². The van der Waals surface area contributed by atoms with E-state index in [0.717, 1.165) is 0 Å². The van der Waals surface area contributed by atoms with Gasteiger partial charge in [0.15, 0.2) is 11.6 Å². The number of hydrogen-bond acceptors (Lipinski definition) is 2. The Hall–Kier alpha value is -1.27. The van der Waals surface area contributed by atoms with Crippen molar-refractivity contribution in [3.8, 4) is 5.69 Å². The lowest BCUT2D eigenvalue weighted by atomic mass is 10.3. The molecule has 17 heavy (non-hydrogen) atoms. The van der Waals surface area contributed by atoms with E-state index >= 15 is 0 Å². The summed E-state index contributed by atoms with van der Waals surface area (Å²) in [6, 6.07) is 2.44. The van der Waals surface area contributed by atoms with Crippen molar-refractivity contribution in [2.75, 3.05) is 7.05 Å². The van der Waals surface area contributed by atoms with Crippen LogP contribution in [0.15, 0.2) is 29.1 Å². The van der Waals surface area contributed by atoms with Crippen molar-refractivity contribution in [1.82, 2.24) is 14.9 Å². The van der Waals surface area contributed by atoms with Crippen molar-refractivity contribution in [3.05, 3.63) is 46.5 Å². The first-order valence-corrected chi connectivity index (χ1v) is 5.73. The fourth-order valence-electron chi connectivity index (χ4n) is 1.54. The molecule has 1 heterocycles. The van der Waals surface area contributed by atoms with Crippen LogP contribution in [-0.4, -0.2) is 16.6 Å². The van der Waals surface area contributed by atoms with Crippen molar-refractivity contribution in [3.63, 3.8) is 0 Å². The van der Waals surface area contributed by atoms with Gasteiger partial charge in [0.25, 0.3) is 0 Å². The van der Waals surface area contributed by atoms with Crippen LogP contribution in [0.5, 0.6) is 0 Å². The van der Waals surface area contributed by atoms with Gasteiger partial charge in [-0.3, -0.25) is 0 Å². The van der Waals surface area contributed by atoms with Crippen LogP contribution in [0.4, 0.5) is 8.78 Å². The number of aromatic nitrogens is 2. The van der Waals surface area contributed by atoms with Crippen molar-refractivity contribution < 1.29 is 8.78 Å². The summed E-state index contributed by atoms with van der Waals surface area (Å²) in [5.41, 5.74) is 0.595. The highest BCUT2D eigenvalue weighted by Crippen LogP contribution is 2.22. The molecule has 0 saturated carbocycles. The molecular formula is C11H10BrF2N3. The summed E-state index contributed by atoms with van der Waals surface area (Å²) in [5, 5.41) is 2.92. The summed E-state index contributed by atoms with van der Waals surface area (Å²) in [7, 11) is 1.78. The smallest absolute Gasteiger partial charge is 0.151 e. The Labute approximate surface area is 106 Å². The first-order valence-electron chi connectivity index (χ1n) is 4.94. The molecule has 6 heteroatoms. The summed E-state index contributed by atoms with van der Waals surface area (Å²) < 4.78 is 29.0. The second-order valence-electron chi connectivity index (χ2n) is 3.52. The first-order chi connectivity index (χ1) is 8.11. The standard InChI is InChI=1S/C11H10BrF2N3/c1-15-4-8-5-17(6-16-8)11-9(13)2-7(12)3-10(11)14/h2-3,5-6,15H,4H2,1H3. The maximum absolute atomic E-state index is 13.7. The second kappa shape index (κ2) is 4.93. The number of hydrogen-bond donors (Lipinski definition) is 1. The molecular weight excluding hydrogens is 292 g/mol. The van der Waals surface area contributed by atoms with Gasteiger partial charge in [-0.15, -0.1) is 0 Å². The molecule has 0 aliphatic rings. The Morgan fingerprint density at radius 2 is 2.00 bits per heavy atom. The van der Waals surface area contributed by atoms with E-state index in [1.165, 1.54) is 23.0 Å². The fraction of sp³-hybridized carbons (Fsp3) is 0.182. The van der Waals surface area contributed by atoms with Gasteiger partial charge >= 0.3 is 0 Å². The van der Waals surface area contributed by atoms with E-state index in [4.69, 9.17) is 0 Å². The van der Waals surface area contributed by atoms with Gasteiger partial charge in [0.1, 0.15) is 5.69 Å². The van der Waals surface area contributed by atoms with Crippen molar-refractivity contribution >= 4 is 15.9 Å². The van der Waals surface area contributed by atoms with E-state index in [-0.39, 0.29) is 5.69 Å². The molecule has 90 valence electrons. The summed E-state index contributed by atoms with van der Waals surface area (Å²) in [6.07, 6.45) is 2.98. The monoisotopic (exact) mass is 301 g/mol. The van der Waals surface area contributed by atoms with E-state index in [1.54, 1.807) is 13.2 Å². The van der Waals surface area contributed by atoms with Gasteiger partial charge in [0.2, 0.25) is 0 Å². The molecule has 1 aromatic heterocycles. The number of nitrogens with one attached hydrogen (secondary N) is 1. The Morgan fingerprint density at radius 1 is 1.35 bits per heavy atom. The molecule has 0 aliphatic carbocycles. The minimum atomic E-state index is -0.634. The zero-order valence-corrected chi connectivity index (χ0v) is 10.6.